The van der Waals surface area contributed by atoms with E-state index < -0.39 is 11.6 Å². The molecule has 0 fully saturated rings. The van der Waals surface area contributed by atoms with E-state index in [9.17, 15) is 4.79 Å². The van der Waals surface area contributed by atoms with Crippen molar-refractivity contribution in [3.05, 3.63) is 23.8 Å². The number of benzene rings is 1. The standard InChI is InChI=1S/C12H15BO3/c1-12(2,3)16-11(14)9-6-5-8(13)7-10(9)15-4/h5-7H,1-4H3. The fourth-order valence-corrected chi connectivity index (χ4v) is 1.21. The van der Waals surface area contributed by atoms with Gasteiger partial charge in [-0.3, -0.25) is 0 Å². The summed E-state index contributed by atoms with van der Waals surface area (Å²) in [5.74, 6) is 0.0126. The molecule has 0 atom stereocenters. The monoisotopic (exact) mass is 218 g/mol. The molecule has 0 spiro atoms. The fraction of sp³-hybridized carbons (Fsp3) is 0.417. The van der Waals surface area contributed by atoms with Crippen molar-refractivity contribution in [3.8, 4) is 5.75 Å². The SMILES string of the molecule is [B]c1ccc(C(=O)OC(C)(C)C)c(OC)c1. The molecule has 0 heterocycles. The van der Waals surface area contributed by atoms with Crippen LogP contribution in [0, 0.1) is 0 Å². The van der Waals surface area contributed by atoms with Crippen LogP contribution in [0.3, 0.4) is 0 Å². The average molecular weight is 218 g/mol. The van der Waals surface area contributed by atoms with E-state index in [2.05, 4.69) is 0 Å². The number of hydrogen-bond acceptors (Lipinski definition) is 3. The molecule has 4 heteroatoms. The summed E-state index contributed by atoms with van der Waals surface area (Å²) in [6.07, 6.45) is 0. The number of rotatable bonds is 2. The molecule has 0 amide bonds. The summed E-state index contributed by atoms with van der Waals surface area (Å²) in [4.78, 5) is 11.8. The Labute approximate surface area is 97.2 Å². The summed E-state index contributed by atoms with van der Waals surface area (Å²) in [5, 5.41) is 0. The summed E-state index contributed by atoms with van der Waals surface area (Å²) in [5.41, 5.74) is 0.402. The maximum absolute atomic E-state index is 11.8. The Morgan fingerprint density at radius 3 is 2.44 bits per heavy atom. The van der Waals surface area contributed by atoms with Gasteiger partial charge >= 0.3 is 5.97 Å². The highest BCUT2D eigenvalue weighted by Gasteiger charge is 2.20. The van der Waals surface area contributed by atoms with Gasteiger partial charge < -0.3 is 9.47 Å². The Balaban J connectivity index is 2.99. The summed E-state index contributed by atoms with van der Waals surface area (Å²) in [6.45, 7) is 5.44. The normalized spacial score (nSPS) is 11.0. The second-order valence-corrected chi connectivity index (χ2v) is 4.46. The molecule has 0 N–H and O–H groups in total. The van der Waals surface area contributed by atoms with Crippen molar-refractivity contribution in [2.45, 2.75) is 26.4 Å². The number of carbonyl (C=O) groups excluding carboxylic acids is 1. The van der Waals surface area contributed by atoms with E-state index in [0.717, 1.165) is 0 Å². The van der Waals surface area contributed by atoms with Crippen LogP contribution in [-0.4, -0.2) is 26.5 Å². The van der Waals surface area contributed by atoms with Crippen LogP contribution in [0.2, 0.25) is 0 Å². The van der Waals surface area contributed by atoms with Gasteiger partial charge in [0.15, 0.2) is 0 Å². The van der Waals surface area contributed by atoms with Crippen LogP contribution in [0.1, 0.15) is 31.1 Å². The number of hydrogen-bond donors (Lipinski definition) is 0. The predicted molar refractivity (Wildman–Crippen MR) is 63.6 cm³/mol. The highest BCUT2D eigenvalue weighted by molar-refractivity contribution is 6.32. The molecule has 0 unspecified atom stereocenters. The number of carbonyl (C=O) groups is 1. The third-order valence-electron chi connectivity index (χ3n) is 1.84. The minimum Gasteiger partial charge on any atom is -0.496 e. The molecule has 16 heavy (non-hydrogen) atoms. The smallest absolute Gasteiger partial charge is 0.342 e. The fourth-order valence-electron chi connectivity index (χ4n) is 1.21. The van der Waals surface area contributed by atoms with Crippen LogP contribution in [0.25, 0.3) is 0 Å². The van der Waals surface area contributed by atoms with Gasteiger partial charge in [0.1, 0.15) is 24.8 Å². The molecule has 1 aromatic rings. The predicted octanol–water partition coefficient (Wildman–Crippen LogP) is 1.44. The van der Waals surface area contributed by atoms with Gasteiger partial charge in [-0.1, -0.05) is 11.5 Å². The lowest BCUT2D eigenvalue weighted by molar-refractivity contribution is 0.00666. The second kappa shape index (κ2) is 4.60. The Bertz CT molecular complexity index is 394. The number of esters is 1. The van der Waals surface area contributed by atoms with Crippen LogP contribution in [0.5, 0.6) is 5.75 Å². The molecule has 0 aliphatic heterocycles. The highest BCUT2D eigenvalue weighted by atomic mass is 16.6. The molecular weight excluding hydrogens is 203 g/mol. The van der Waals surface area contributed by atoms with Crippen molar-refractivity contribution in [2.24, 2.45) is 0 Å². The number of methoxy groups -OCH3 is 1. The number of ether oxygens (including phenoxy) is 2. The summed E-state index contributed by atoms with van der Waals surface area (Å²) < 4.78 is 10.3. The zero-order valence-corrected chi connectivity index (χ0v) is 10.0. The Morgan fingerprint density at radius 1 is 1.31 bits per heavy atom. The Morgan fingerprint density at radius 2 is 1.94 bits per heavy atom. The first-order chi connectivity index (χ1) is 7.33. The van der Waals surface area contributed by atoms with Gasteiger partial charge in [-0.25, -0.2) is 4.79 Å². The molecule has 1 rings (SSSR count). The first-order valence-electron chi connectivity index (χ1n) is 5.00. The maximum Gasteiger partial charge on any atom is 0.342 e. The van der Waals surface area contributed by atoms with E-state index in [4.69, 9.17) is 17.3 Å². The van der Waals surface area contributed by atoms with E-state index in [1.807, 2.05) is 20.8 Å². The van der Waals surface area contributed by atoms with Crippen molar-refractivity contribution < 1.29 is 14.3 Å². The molecule has 0 bridgehead atoms. The van der Waals surface area contributed by atoms with Gasteiger partial charge in [0.2, 0.25) is 0 Å². The third-order valence-corrected chi connectivity index (χ3v) is 1.84. The maximum atomic E-state index is 11.8. The van der Waals surface area contributed by atoms with Crippen LogP contribution >= 0.6 is 0 Å². The van der Waals surface area contributed by atoms with E-state index in [0.29, 0.717) is 16.8 Å². The summed E-state index contributed by atoms with van der Waals surface area (Å²) in [7, 11) is 7.09. The zero-order chi connectivity index (χ0) is 12.3. The lowest BCUT2D eigenvalue weighted by atomic mass is 9.94. The van der Waals surface area contributed by atoms with E-state index in [-0.39, 0.29) is 0 Å². The van der Waals surface area contributed by atoms with Crippen molar-refractivity contribution >= 4 is 19.3 Å². The average Bonchev–Trinajstić information content (AvgIpc) is 2.14. The van der Waals surface area contributed by atoms with Gasteiger partial charge in [-0.15, -0.1) is 0 Å². The summed E-state index contributed by atoms with van der Waals surface area (Å²) in [6, 6.07) is 4.84. The van der Waals surface area contributed by atoms with Gasteiger partial charge in [0.25, 0.3) is 0 Å². The molecular formula is C12H15BO3. The molecule has 1 aromatic carbocycles. The van der Waals surface area contributed by atoms with E-state index in [1.54, 1.807) is 18.2 Å². The topological polar surface area (TPSA) is 35.5 Å². The summed E-state index contributed by atoms with van der Waals surface area (Å²) >= 11 is 0. The molecule has 3 nitrogen and oxygen atoms in total. The van der Waals surface area contributed by atoms with Gasteiger partial charge in [-0.2, -0.15) is 0 Å². The van der Waals surface area contributed by atoms with E-state index in [1.165, 1.54) is 7.11 Å². The van der Waals surface area contributed by atoms with Crippen LogP contribution < -0.4 is 10.2 Å². The minimum atomic E-state index is -0.524. The first kappa shape index (κ1) is 12.6. The van der Waals surface area contributed by atoms with Gasteiger partial charge in [0, 0.05) is 0 Å². The van der Waals surface area contributed by atoms with Gasteiger partial charge in [0.05, 0.1) is 7.11 Å². The second-order valence-electron chi connectivity index (χ2n) is 4.46. The molecule has 0 aliphatic carbocycles. The molecule has 2 radical (unpaired) electrons. The quantitative estimate of drug-likeness (QED) is 0.556. The van der Waals surface area contributed by atoms with Gasteiger partial charge in [-0.05, 0) is 32.9 Å². The molecule has 0 aliphatic rings. The third kappa shape index (κ3) is 3.30. The first-order valence-corrected chi connectivity index (χ1v) is 5.00. The largest absolute Gasteiger partial charge is 0.496 e. The van der Waals surface area contributed by atoms with Crippen LogP contribution in [0.15, 0.2) is 18.2 Å². The zero-order valence-electron chi connectivity index (χ0n) is 10.0. The van der Waals surface area contributed by atoms with Crippen molar-refractivity contribution in [1.29, 1.82) is 0 Å². The van der Waals surface area contributed by atoms with Crippen molar-refractivity contribution in [2.75, 3.05) is 7.11 Å². The van der Waals surface area contributed by atoms with Crippen LogP contribution in [-0.2, 0) is 4.74 Å². The molecule has 0 saturated heterocycles. The highest BCUT2D eigenvalue weighted by Crippen LogP contribution is 2.20. The molecule has 84 valence electrons. The van der Waals surface area contributed by atoms with Crippen molar-refractivity contribution in [3.63, 3.8) is 0 Å². The van der Waals surface area contributed by atoms with Crippen LogP contribution in [0.4, 0.5) is 0 Å². The lowest BCUT2D eigenvalue weighted by Crippen LogP contribution is -2.24. The molecule has 0 saturated carbocycles. The Hall–Kier alpha value is -1.45. The Kier molecular flexibility index (Phi) is 3.63. The minimum absolute atomic E-state index is 0.381. The lowest BCUT2D eigenvalue weighted by Gasteiger charge is -2.20. The molecule has 0 aromatic heterocycles. The van der Waals surface area contributed by atoms with Crippen molar-refractivity contribution in [1.82, 2.24) is 0 Å². The van der Waals surface area contributed by atoms with E-state index >= 15 is 0 Å².